The third-order valence-electron chi connectivity index (χ3n) is 8.63. The van der Waals surface area contributed by atoms with Gasteiger partial charge in [0.05, 0.1) is 0 Å². The van der Waals surface area contributed by atoms with Gasteiger partial charge in [-0.25, -0.2) is 0 Å². The lowest BCUT2D eigenvalue weighted by molar-refractivity contribution is 0.144. The molecule has 158 valence electrons. The first kappa shape index (κ1) is 26.4. The van der Waals surface area contributed by atoms with Crippen molar-refractivity contribution in [2.24, 2.45) is 33.5 Å². The Morgan fingerprint density at radius 1 is 0.731 bits per heavy atom. The standard InChI is InChI=1S/C25H53P/c1-15-24(13,20(4)16-17-23(11,12)19(2)3)18-26-25(14,21(5,6)7)22(8,9)10/h19-20,26H,15-18H2,1-14H3. The lowest BCUT2D eigenvalue weighted by Crippen LogP contribution is -2.48. The Bertz CT molecular complexity index is 404. The van der Waals surface area contributed by atoms with E-state index in [1.165, 1.54) is 25.4 Å². The van der Waals surface area contributed by atoms with Gasteiger partial charge in [0.15, 0.2) is 0 Å². The van der Waals surface area contributed by atoms with Gasteiger partial charge >= 0.3 is 0 Å². The van der Waals surface area contributed by atoms with E-state index >= 15 is 0 Å². The molecule has 0 aliphatic heterocycles. The van der Waals surface area contributed by atoms with Crippen molar-refractivity contribution in [3.8, 4) is 0 Å². The fourth-order valence-electron chi connectivity index (χ4n) is 3.91. The zero-order valence-electron chi connectivity index (χ0n) is 21.0. The molecule has 0 aliphatic rings. The predicted octanol–water partition coefficient (Wildman–Crippen LogP) is 9.03. The van der Waals surface area contributed by atoms with Gasteiger partial charge in [0, 0.05) is 0 Å². The van der Waals surface area contributed by atoms with Crippen LogP contribution in [0.1, 0.15) is 116 Å². The summed E-state index contributed by atoms with van der Waals surface area (Å²) in [6, 6.07) is 0. The van der Waals surface area contributed by atoms with E-state index < -0.39 is 0 Å². The van der Waals surface area contributed by atoms with Crippen LogP contribution in [0.4, 0.5) is 0 Å². The van der Waals surface area contributed by atoms with Crippen LogP contribution in [0.3, 0.4) is 0 Å². The van der Waals surface area contributed by atoms with Gasteiger partial charge < -0.3 is 0 Å². The van der Waals surface area contributed by atoms with Crippen LogP contribution in [0, 0.1) is 33.5 Å². The summed E-state index contributed by atoms with van der Waals surface area (Å²) >= 11 is 0. The molecule has 0 aromatic rings. The molecule has 3 unspecified atom stereocenters. The van der Waals surface area contributed by atoms with Gasteiger partial charge in [0.25, 0.3) is 0 Å². The van der Waals surface area contributed by atoms with Crippen molar-refractivity contribution in [1.82, 2.24) is 0 Å². The van der Waals surface area contributed by atoms with E-state index in [-0.39, 0.29) is 0 Å². The number of rotatable bonds is 9. The molecule has 0 saturated heterocycles. The first-order chi connectivity index (χ1) is 11.3. The highest BCUT2D eigenvalue weighted by atomic mass is 31.1. The van der Waals surface area contributed by atoms with Gasteiger partial charge in [-0.15, -0.1) is 8.58 Å². The average Bonchev–Trinajstić information content (AvgIpc) is 2.47. The van der Waals surface area contributed by atoms with Gasteiger partial charge in [0.2, 0.25) is 0 Å². The van der Waals surface area contributed by atoms with Crippen LogP contribution in [-0.2, 0) is 0 Å². The number of hydrogen-bond donors (Lipinski definition) is 0. The van der Waals surface area contributed by atoms with Gasteiger partial charge in [-0.1, -0.05) is 103 Å². The maximum absolute atomic E-state index is 2.57. The molecule has 1 heteroatoms. The molecule has 0 aliphatic carbocycles. The molecule has 3 atom stereocenters. The minimum Gasteiger partial charge on any atom is -0.114 e. The van der Waals surface area contributed by atoms with Crippen molar-refractivity contribution < 1.29 is 0 Å². The van der Waals surface area contributed by atoms with E-state index in [0.717, 1.165) is 20.4 Å². The predicted molar refractivity (Wildman–Crippen MR) is 126 cm³/mol. The second kappa shape index (κ2) is 8.84. The molecule has 0 amide bonds. The Labute approximate surface area is 169 Å². The minimum atomic E-state index is 0.335. The van der Waals surface area contributed by atoms with Crippen LogP contribution in [0.5, 0.6) is 0 Å². The average molecular weight is 385 g/mol. The topological polar surface area (TPSA) is 0 Å². The fraction of sp³-hybridized carbons (Fsp3) is 1.00. The summed E-state index contributed by atoms with van der Waals surface area (Å²) in [6.45, 7) is 34.4. The minimum absolute atomic E-state index is 0.335. The van der Waals surface area contributed by atoms with Gasteiger partial charge in [-0.3, -0.25) is 0 Å². The smallest absolute Gasteiger partial charge is 0.00531 e. The Kier molecular flexibility index (Phi) is 8.99. The van der Waals surface area contributed by atoms with Crippen LogP contribution < -0.4 is 0 Å². The summed E-state index contributed by atoms with van der Waals surface area (Å²) in [5.41, 5.74) is 1.59. The third kappa shape index (κ3) is 6.22. The van der Waals surface area contributed by atoms with Crippen LogP contribution in [-0.4, -0.2) is 11.3 Å². The molecule has 0 N–H and O–H groups in total. The molecule has 0 radical (unpaired) electrons. The zero-order valence-corrected chi connectivity index (χ0v) is 22.0. The largest absolute Gasteiger partial charge is 0.114 e. The molecule has 0 nitrogen and oxygen atoms in total. The van der Waals surface area contributed by atoms with Gasteiger partial charge in [0.1, 0.15) is 0 Å². The Hall–Kier alpha value is 0.430. The highest BCUT2D eigenvalue weighted by Gasteiger charge is 2.47. The first-order valence-corrected chi connectivity index (χ1v) is 12.3. The molecular weight excluding hydrogens is 331 g/mol. The molecule has 26 heavy (non-hydrogen) atoms. The SMILES string of the molecule is CCC(C)(CPC(C)(C(C)(C)C)C(C)(C)C)C(C)CCC(C)(C)C(C)C. The Balaban J connectivity index is 5.26. The summed E-state index contributed by atoms with van der Waals surface area (Å²) in [5.74, 6) is 1.55. The summed E-state index contributed by atoms with van der Waals surface area (Å²) in [5, 5.41) is 0.368. The molecule has 0 spiro atoms. The lowest BCUT2D eigenvalue weighted by Gasteiger charge is -2.53. The summed E-state index contributed by atoms with van der Waals surface area (Å²) < 4.78 is 0. The highest BCUT2D eigenvalue weighted by molar-refractivity contribution is 7.40. The first-order valence-electron chi connectivity index (χ1n) is 11.1. The van der Waals surface area contributed by atoms with Crippen LogP contribution in [0.25, 0.3) is 0 Å². The van der Waals surface area contributed by atoms with Crippen molar-refractivity contribution in [3.05, 3.63) is 0 Å². The van der Waals surface area contributed by atoms with Gasteiger partial charge in [-0.2, -0.15) is 0 Å². The highest BCUT2D eigenvalue weighted by Crippen LogP contribution is 2.58. The number of hydrogen-bond acceptors (Lipinski definition) is 0. The Morgan fingerprint density at radius 2 is 1.15 bits per heavy atom. The van der Waals surface area contributed by atoms with Gasteiger partial charge in [-0.05, 0) is 57.7 Å². The van der Waals surface area contributed by atoms with Crippen molar-refractivity contribution in [1.29, 1.82) is 0 Å². The van der Waals surface area contributed by atoms with Crippen molar-refractivity contribution in [3.63, 3.8) is 0 Å². The lowest BCUT2D eigenvalue weighted by atomic mass is 9.67. The van der Waals surface area contributed by atoms with E-state index in [1.54, 1.807) is 0 Å². The molecule has 0 fully saturated rings. The second-order valence-electron chi connectivity index (χ2n) is 12.6. The summed E-state index contributed by atoms with van der Waals surface area (Å²) in [4.78, 5) is 0. The summed E-state index contributed by atoms with van der Waals surface area (Å²) in [6.07, 6.45) is 5.38. The molecule has 0 heterocycles. The molecule has 0 bridgehead atoms. The maximum Gasteiger partial charge on any atom is -0.00531 e. The third-order valence-corrected chi connectivity index (χ3v) is 11.8. The van der Waals surface area contributed by atoms with Crippen LogP contribution >= 0.6 is 8.58 Å². The van der Waals surface area contributed by atoms with E-state index in [2.05, 4.69) is 96.9 Å². The van der Waals surface area contributed by atoms with Crippen molar-refractivity contribution >= 4 is 8.58 Å². The molecule has 0 saturated carbocycles. The monoisotopic (exact) mass is 384 g/mol. The summed E-state index contributed by atoms with van der Waals surface area (Å²) in [7, 11) is 1.02. The van der Waals surface area contributed by atoms with E-state index in [1.807, 2.05) is 0 Å². The van der Waals surface area contributed by atoms with Crippen LogP contribution in [0.2, 0.25) is 0 Å². The molecule has 0 rings (SSSR count). The fourth-order valence-corrected chi connectivity index (χ4v) is 6.32. The van der Waals surface area contributed by atoms with E-state index in [0.29, 0.717) is 26.8 Å². The van der Waals surface area contributed by atoms with Crippen molar-refractivity contribution in [2.45, 2.75) is 121 Å². The normalized spacial score (nSPS) is 18.6. The quantitative estimate of drug-likeness (QED) is 0.348. The molecular formula is C25H53P. The molecule has 0 aromatic heterocycles. The van der Waals surface area contributed by atoms with Crippen LogP contribution in [0.15, 0.2) is 0 Å². The van der Waals surface area contributed by atoms with Crippen molar-refractivity contribution in [2.75, 3.05) is 6.16 Å². The zero-order chi connectivity index (χ0) is 21.2. The maximum atomic E-state index is 2.57. The van der Waals surface area contributed by atoms with E-state index in [9.17, 15) is 0 Å². The Morgan fingerprint density at radius 3 is 1.46 bits per heavy atom. The second-order valence-corrected chi connectivity index (χ2v) is 14.3. The molecule has 0 aromatic carbocycles. The van der Waals surface area contributed by atoms with E-state index in [4.69, 9.17) is 0 Å².